The number of piperidine rings is 2. The second-order valence-electron chi connectivity index (χ2n) is 12.5. The number of hydrogen-bond acceptors (Lipinski definition) is 4. The summed E-state index contributed by atoms with van der Waals surface area (Å²) in [4.78, 5) is 25.9. The van der Waals surface area contributed by atoms with Crippen molar-refractivity contribution in [1.82, 2.24) is 19.8 Å². The molecule has 7 heteroatoms. The molecule has 0 saturated carbocycles. The third-order valence-electron chi connectivity index (χ3n) is 9.11. The number of nitrogens with one attached hydrogen (secondary N) is 1. The van der Waals surface area contributed by atoms with Gasteiger partial charge in [0, 0.05) is 66.2 Å². The lowest BCUT2D eigenvalue weighted by Crippen LogP contribution is -2.41. The van der Waals surface area contributed by atoms with Gasteiger partial charge in [-0.3, -0.25) is 4.79 Å². The number of fused-ring (bicyclic) bond motifs is 1. The van der Waals surface area contributed by atoms with E-state index >= 15 is 0 Å². The summed E-state index contributed by atoms with van der Waals surface area (Å²) in [6, 6.07) is 14.5. The lowest BCUT2D eigenvalue weighted by Gasteiger charge is -2.37. The Labute approximate surface area is 247 Å². The number of ether oxygens (including phenoxy) is 1. The maximum atomic E-state index is 14.9. The number of hydrogen-bond donors (Lipinski definition) is 1. The fourth-order valence-electron chi connectivity index (χ4n) is 7.08. The predicted octanol–water partition coefficient (Wildman–Crippen LogP) is 7.26. The minimum Gasteiger partial charge on any atom is -0.496 e. The highest BCUT2D eigenvalue weighted by molar-refractivity contribution is 5.98. The number of aromatic nitrogens is 2. The lowest BCUT2D eigenvalue weighted by atomic mass is 9.89. The number of benzene rings is 2. The third-order valence-corrected chi connectivity index (χ3v) is 9.11. The average molecular weight is 569 g/mol. The molecule has 1 N–H and O–H groups in total. The van der Waals surface area contributed by atoms with Crippen LogP contribution in [0.1, 0.15) is 49.9 Å². The number of carbonyl (C=O) groups excluding carboxylic acids is 1. The molecule has 2 aliphatic heterocycles. The summed E-state index contributed by atoms with van der Waals surface area (Å²) in [5.74, 6) is 2.44. The molecule has 0 spiro atoms. The maximum Gasteiger partial charge on any atom is 0.253 e. The summed E-state index contributed by atoms with van der Waals surface area (Å²) in [6.45, 7) is 9.73. The van der Waals surface area contributed by atoms with Crippen molar-refractivity contribution in [3.63, 3.8) is 0 Å². The molecule has 2 atom stereocenters. The summed E-state index contributed by atoms with van der Waals surface area (Å²) in [5, 5.41) is 0.907. The van der Waals surface area contributed by atoms with Crippen molar-refractivity contribution in [2.45, 2.75) is 39.5 Å². The van der Waals surface area contributed by atoms with Crippen LogP contribution in [-0.2, 0) is 0 Å². The number of methoxy groups -OCH3 is 1. The summed E-state index contributed by atoms with van der Waals surface area (Å²) in [5.41, 5.74) is 4.42. The van der Waals surface area contributed by atoms with Gasteiger partial charge in [-0.05, 0) is 85.9 Å². The van der Waals surface area contributed by atoms with Crippen molar-refractivity contribution < 1.29 is 13.9 Å². The van der Waals surface area contributed by atoms with Crippen LogP contribution in [0.3, 0.4) is 0 Å². The highest BCUT2D eigenvalue weighted by Gasteiger charge is 2.27. The van der Waals surface area contributed by atoms with E-state index in [0.717, 1.165) is 77.8 Å². The van der Waals surface area contributed by atoms with Gasteiger partial charge in [0.15, 0.2) is 0 Å². The zero-order valence-electron chi connectivity index (χ0n) is 24.9. The first-order chi connectivity index (χ1) is 20.4. The number of likely N-dealkylation sites (tertiary alicyclic amines) is 2. The Bertz CT molecular complexity index is 1550. The van der Waals surface area contributed by atoms with E-state index in [0.29, 0.717) is 17.0 Å². The SMILES string of the molecule is COc1ccccc1-c1c[nH]c2ncc(-c3cc(F)cc(C(=O)N4CCC(CCN5CC(C)C[C@@H](C)C5)CC4)c3)cc12. The van der Waals surface area contributed by atoms with Crippen molar-refractivity contribution >= 4 is 16.9 Å². The van der Waals surface area contributed by atoms with Gasteiger partial charge in [0.05, 0.1) is 7.11 Å². The molecule has 0 bridgehead atoms. The van der Waals surface area contributed by atoms with Crippen molar-refractivity contribution in [3.05, 3.63) is 72.3 Å². The van der Waals surface area contributed by atoms with E-state index in [9.17, 15) is 9.18 Å². The first kappa shape index (κ1) is 28.4. The van der Waals surface area contributed by atoms with Gasteiger partial charge in [-0.25, -0.2) is 9.37 Å². The largest absolute Gasteiger partial charge is 0.496 e. The number of para-hydroxylation sites is 1. The van der Waals surface area contributed by atoms with Crippen LogP contribution in [-0.4, -0.2) is 65.5 Å². The van der Waals surface area contributed by atoms with Crippen LogP contribution in [0.5, 0.6) is 5.75 Å². The molecule has 4 aromatic rings. The van der Waals surface area contributed by atoms with E-state index < -0.39 is 5.82 Å². The van der Waals surface area contributed by atoms with Gasteiger partial charge in [-0.2, -0.15) is 0 Å². The van der Waals surface area contributed by atoms with E-state index in [1.165, 1.54) is 38.1 Å². The van der Waals surface area contributed by atoms with Gasteiger partial charge in [0.2, 0.25) is 0 Å². The molecule has 4 heterocycles. The van der Waals surface area contributed by atoms with Crippen molar-refractivity contribution in [2.75, 3.05) is 39.8 Å². The molecular weight excluding hydrogens is 527 g/mol. The molecule has 2 saturated heterocycles. The number of amides is 1. The Hall–Kier alpha value is -3.71. The number of rotatable bonds is 7. The zero-order chi connectivity index (χ0) is 29.2. The first-order valence-electron chi connectivity index (χ1n) is 15.3. The van der Waals surface area contributed by atoms with Crippen LogP contribution < -0.4 is 4.74 Å². The highest BCUT2D eigenvalue weighted by atomic mass is 19.1. The summed E-state index contributed by atoms with van der Waals surface area (Å²) in [7, 11) is 1.65. The molecule has 6 rings (SSSR count). The van der Waals surface area contributed by atoms with Crippen molar-refractivity contribution in [2.24, 2.45) is 17.8 Å². The van der Waals surface area contributed by atoms with Crippen LogP contribution in [0.4, 0.5) is 4.39 Å². The average Bonchev–Trinajstić information content (AvgIpc) is 3.42. The monoisotopic (exact) mass is 568 g/mol. The second kappa shape index (κ2) is 12.3. The Morgan fingerprint density at radius 2 is 1.79 bits per heavy atom. The second-order valence-corrected chi connectivity index (χ2v) is 12.5. The molecule has 1 unspecified atom stereocenters. The van der Waals surface area contributed by atoms with Crippen LogP contribution in [0, 0.1) is 23.6 Å². The molecule has 1 amide bonds. The lowest BCUT2D eigenvalue weighted by molar-refractivity contribution is 0.0670. The van der Waals surface area contributed by atoms with E-state index in [4.69, 9.17) is 4.74 Å². The van der Waals surface area contributed by atoms with Crippen molar-refractivity contribution in [1.29, 1.82) is 0 Å². The van der Waals surface area contributed by atoms with Crippen LogP contribution >= 0.6 is 0 Å². The van der Waals surface area contributed by atoms with Crippen molar-refractivity contribution in [3.8, 4) is 28.0 Å². The molecule has 220 valence electrons. The smallest absolute Gasteiger partial charge is 0.253 e. The quantitative estimate of drug-likeness (QED) is 0.255. The van der Waals surface area contributed by atoms with E-state index in [-0.39, 0.29) is 5.91 Å². The molecule has 0 radical (unpaired) electrons. The third kappa shape index (κ3) is 6.07. The minimum atomic E-state index is -0.421. The molecule has 6 nitrogen and oxygen atoms in total. The topological polar surface area (TPSA) is 61.5 Å². The molecule has 2 fully saturated rings. The Kier molecular flexibility index (Phi) is 8.29. The van der Waals surface area contributed by atoms with Gasteiger partial charge < -0.3 is 19.5 Å². The fourth-order valence-corrected chi connectivity index (χ4v) is 7.08. The number of nitrogens with zero attached hydrogens (tertiary/aromatic N) is 3. The van der Waals surface area contributed by atoms with Gasteiger partial charge in [-0.15, -0.1) is 0 Å². The van der Waals surface area contributed by atoms with E-state index in [1.807, 2.05) is 41.4 Å². The number of aromatic amines is 1. The molecular formula is C35H41FN4O2. The summed E-state index contributed by atoms with van der Waals surface area (Å²) < 4.78 is 20.5. The van der Waals surface area contributed by atoms with Gasteiger partial charge in [0.1, 0.15) is 17.2 Å². The number of H-pyrrole nitrogens is 1. The normalized spacial score (nSPS) is 20.2. The van der Waals surface area contributed by atoms with Crippen LogP contribution in [0.25, 0.3) is 33.3 Å². The van der Waals surface area contributed by atoms with Gasteiger partial charge in [0.25, 0.3) is 5.91 Å². The fraction of sp³-hybridized carbons (Fsp3) is 0.429. The maximum absolute atomic E-state index is 14.9. The first-order valence-corrected chi connectivity index (χ1v) is 15.3. The zero-order valence-corrected chi connectivity index (χ0v) is 24.9. The minimum absolute atomic E-state index is 0.0988. The Morgan fingerprint density at radius 1 is 1.02 bits per heavy atom. The highest BCUT2D eigenvalue weighted by Crippen LogP contribution is 2.36. The van der Waals surface area contributed by atoms with E-state index in [2.05, 4.69) is 28.7 Å². The van der Waals surface area contributed by atoms with Gasteiger partial charge in [-0.1, -0.05) is 32.0 Å². The number of halogens is 1. The summed E-state index contributed by atoms with van der Waals surface area (Å²) in [6.07, 6.45) is 8.18. The molecule has 2 aromatic carbocycles. The Morgan fingerprint density at radius 3 is 2.55 bits per heavy atom. The van der Waals surface area contributed by atoms with Crippen LogP contribution in [0.15, 0.2) is 60.9 Å². The van der Waals surface area contributed by atoms with Gasteiger partial charge >= 0.3 is 0 Å². The molecule has 2 aliphatic rings. The summed E-state index contributed by atoms with van der Waals surface area (Å²) >= 11 is 0. The number of pyridine rings is 1. The number of carbonyl (C=O) groups is 1. The molecule has 0 aliphatic carbocycles. The Balaban J connectivity index is 1.15. The molecule has 42 heavy (non-hydrogen) atoms. The predicted molar refractivity (Wildman–Crippen MR) is 166 cm³/mol. The standard InChI is InChI=1S/C35H41FN4O2/c1-23-14-24(2)22-39(21-23)11-8-25-9-12-40(13-10-25)35(41)27-15-26(16-29(36)17-27)28-18-31-32(20-38-34(31)37-19-28)30-6-4-5-7-33(30)42-3/h4-7,15-20,23-25H,8-14,21-22H2,1-3H3,(H,37,38)/t23-,24?/m1/s1. The van der Waals surface area contributed by atoms with E-state index in [1.54, 1.807) is 19.4 Å². The molecule has 2 aromatic heterocycles. The van der Waals surface area contributed by atoms with Crippen LogP contribution in [0.2, 0.25) is 0 Å².